The third kappa shape index (κ3) is 6.31. The first-order valence-corrected chi connectivity index (χ1v) is 9.45. The molecule has 2 aromatic rings. The molecule has 0 aliphatic heterocycles. The number of carbonyl (C=O) groups excluding carboxylic acids is 3. The highest BCUT2D eigenvalue weighted by Crippen LogP contribution is 2.30. The highest BCUT2D eigenvalue weighted by atomic mass is 16.5. The highest BCUT2D eigenvalue weighted by Gasteiger charge is 2.28. The van der Waals surface area contributed by atoms with E-state index in [9.17, 15) is 14.4 Å². The minimum atomic E-state index is -0.382. The number of methoxy groups -OCH3 is 1. The number of hydrogen-bond acceptors (Lipinski definition) is 5. The zero-order chi connectivity index (χ0) is 20.6. The van der Waals surface area contributed by atoms with Crippen LogP contribution in [0.4, 0.5) is 5.69 Å². The van der Waals surface area contributed by atoms with Crippen molar-refractivity contribution >= 4 is 23.4 Å². The molecule has 2 N–H and O–H groups in total. The van der Waals surface area contributed by atoms with E-state index in [0.717, 1.165) is 12.8 Å². The van der Waals surface area contributed by atoms with Gasteiger partial charge in [0.15, 0.2) is 0 Å². The van der Waals surface area contributed by atoms with Crippen molar-refractivity contribution in [3.8, 4) is 5.75 Å². The molecule has 8 heteroatoms. The molecule has 1 saturated carbocycles. The van der Waals surface area contributed by atoms with E-state index in [1.165, 1.54) is 11.1 Å². The summed E-state index contributed by atoms with van der Waals surface area (Å²) in [7, 11) is 1.56. The molecule has 1 heterocycles. The number of nitrogens with one attached hydrogen (secondary N) is 2. The van der Waals surface area contributed by atoms with E-state index >= 15 is 0 Å². The Kier molecular flexibility index (Phi) is 6.78. The van der Waals surface area contributed by atoms with E-state index in [2.05, 4.69) is 15.6 Å². The van der Waals surface area contributed by atoms with Crippen molar-refractivity contribution in [1.82, 2.24) is 15.2 Å². The molecule has 3 rings (SSSR count). The topological polar surface area (TPSA) is 101 Å². The first-order valence-electron chi connectivity index (χ1n) is 9.45. The van der Waals surface area contributed by atoms with Crippen LogP contribution >= 0.6 is 0 Å². The summed E-state index contributed by atoms with van der Waals surface area (Å²) >= 11 is 0. The van der Waals surface area contributed by atoms with Crippen molar-refractivity contribution < 1.29 is 19.1 Å². The van der Waals surface area contributed by atoms with Crippen LogP contribution in [0.3, 0.4) is 0 Å². The van der Waals surface area contributed by atoms with E-state index in [1.807, 2.05) is 0 Å². The van der Waals surface area contributed by atoms with Crippen LogP contribution in [0.5, 0.6) is 5.75 Å². The second-order valence-electron chi connectivity index (χ2n) is 6.92. The Morgan fingerprint density at radius 2 is 1.90 bits per heavy atom. The van der Waals surface area contributed by atoms with Gasteiger partial charge in [-0.15, -0.1) is 0 Å². The van der Waals surface area contributed by atoms with Gasteiger partial charge in [0.05, 0.1) is 25.8 Å². The summed E-state index contributed by atoms with van der Waals surface area (Å²) in [6, 6.07) is 10.2. The lowest BCUT2D eigenvalue weighted by Crippen LogP contribution is -2.43. The molecule has 1 aliphatic carbocycles. The minimum absolute atomic E-state index is 0.0972. The second kappa shape index (κ2) is 9.68. The zero-order valence-corrected chi connectivity index (χ0v) is 16.3. The smallest absolute Gasteiger partial charge is 0.255 e. The molecule has 1 aliphatic rings. The molecule has 0 spiro atoms. The molecule has 152 valence electrons. The number of aromatic nitrogens is 1. The van der Waals surface area contributed by atoms with Crippen molar-refractivity contribution in [3.63, 3.8) is 0 Å². The average Bonchev–Trinajstić information content (AvgIpc) is 3.56. The van der Waals surface area contributed by atoms with Crippen LogP contribution in [-0.2, 0) is 9.59 Å². The number of rotatable bonds is 9. The Morgan fingerprint density at radius 1 is 1.14 bits per heavy atom. The number of benzene rings is 1. The summed E-state index contributed by atoms with van der Waals surface area (Å²) in [6.07, 6.45) is 5.20. The lowest BCUT2D eigenvalue weighted by atomic mass is 10.2. The van der Waals surface area contributed by atoms with E-state index in [0.29, 0.717) is 29.5 Å². The van der Waals surface area contributed by atoms with Gasteiger partial charge in [-0.25, -0.2) is 0 Å². The fourth-order valence-corrected chi connectivity index (χ4v) is 2.79. The molecule has 0 radical (unpaired) electrons. The van der Waals surface area contributed by atoms with Gasteiger partial charge >= 0.3 is 0 Å². The molecule has 0 saturated heterocycles. The van der Waals surface area contributed by atoms with Gasteiger partial charge in [0.25, 0.3) is 5.91 Å². The van der Waals surface area contributed by atoms with Crippen LogP contribution in [0.15, 0.2) is 48.8 Å². The van der Waals surface area contributed by atoms with Gasteiger partial charge in [-0.05, 0) is 55.2 Å². The average molecular weight is 396 g/mol. The maximum Gasteiger partial charge on any atom is 0.255 e. The standard InChI is InChI=1S/C21H24N4O4/c1-29-18-8-6-17(7-9-18)24-19(26)12-23-20(27)14-25(13-15-4-5-15)21(28)16-3-2-10-22-11-16/h2-3,6-11,15H,4-5,12-14H2,1H3,(H,23,27)(H,24,26). The predicted molar refractivity (Wildman–Crippen MR) is 107 cm³/mol. The summed E-state index contributed by atoms with van der Waals surface area (Å²) in [5, 5.41) is 5.27. The van der Waals surface area contributed by atoms with Crippen LogP contribution in [-0.4, -0.2) is 54.3 Å². The van der Waals surface area contributed by atoms with Crippen molar-refractivity contribution in [1.29, 1.82) is 0 Å². The van der Waals surface area contributed by atoms with Crippen molar-refractivity contribution in [2.24, 2.45) is 5.92 Å². The summed E-state index contributed by atoms with van der Waals surface area (Å²) in [4.78, 5) is 42.5. The summed E-state index contributed by atoms with van der Waals surface area (Å²) in [5.74, 6) is 0.151. The molecule has 0 unspecified atom stereocenters. The zero-order valence-electron chi connectivity index (χ0n) is 16.3. The Hall–Kier alpha value is -3.42. The SMILES string of the molecule is COc1ccc(NC(=O)CNC(=O)CN(CC2CC2)C(=O)c2cccnc2)cc1. The van der Waals surface area contributed by atoms with Crippen molar-refractivity contribution in [2.45, 2.75) is 12.8 Å². The van der Waals surface area contributed by atoms with Gasteiger partial charge in [0, 0.05) is 24.6 Å². The Balaban J connectivity index is 1.50. The van der Waals surface area contributed by atoms with Gasteiger partial charge in [0.1, 0.15) is 5.75 Å². The number of pyridine rings is 1. The molecule has 3 amide bonds. The molecule has 1 aromatic carbocycles. The quantitative estimate of drug-likeness (QED) is 0.672. The Bertz CT molecular complexity index is 851. The normalized spacial score (nSPS) is 12.7. The molecule has 0 atom stereocenters. The predicted octanol–water partition coefficient (Wildman–Crippen LogP) is 1.70. The maximum absolute atomic E-state index is 12.7. The van der Waals surface area contributed by atoms with Crippen molar-refractivity contribution in [2.75, 3.05) is 32.1 Å². The van der Waals surface area contributed by atoms with Gasteiger partial charge < -0.3 is 20.3 Å². The summed E-state index contributed by atoms with van der Waals surface area (Å²) < 4.78 is 5.07. The summed E-state index contributed by atoms with van der Waals surface area (Å²) in [5.41, 5.74) is 1.05. The van der Waals surface area contributed by atoms with Gasteiger partial charge in [-0.3, -0.25) is 19.4 Å². The van der Waals surface area contributed by atoms with E-state index in [-0.39, 0.29) is 30.8 Å². The lowest BCUT2D eigenvalue weighted by Gasteiger charge is -2.22. The lowest BCUT2D eigenvalue weighted by molar-refractivity contribution is -0.124. The Labute approximate surface area is 169 Å². The molecular weight excluding hydrogens is 372 g/mol. The number of anilines is 1. The molecular formula is C21H24N4O4. The van der Waals surface area contributed by atoms with E-state index in [4.69, 9.17) is 4.74 Å². The maximum atomic E-state index is 12.7. The fraction of sp³-hybridized carbons (Fsp3) is 0.333. The number of ether oxygens (including phenoxy) is 1. The van der Waals surface area contributed by atoms with Crippen LogP contribution in [0, 0.1) is 5.92 Å². The molecule has 8 nitrogen and oxygen atoms in total. The van der Waals surface area contributed by atoms with Crippen LogP contribution in [0.1, 0.15) is 23.2 Å². The number of nitrogens with zero attached hydrogens (tertiary/aromatic N) is 2. The number of hydrogen-bond donors (Lipinski definition) is 2. The largest absolute Gasteiger partial charge is 0.497 e. The summed E-state index contributed by atoms with van der Waals surface area (Å²) in [6.45, 7) is 0.252. The van der Waals surface area contributed by atoms with Crippen molar-refractivity contribution in [3.05, 3.63) is 54.4 Å². The van der Waals surface area contributed by atoms with Gasteiger partial charge in [-0.1, -0.05) is 0 Å². The monoisotopic (exact) mass is 396 g/mol. The third-order valence-corrected chi connectivity index (χ3v) is 4.53. The highest BCUT2D eigenvalue weighted by molar-refractivity contribution is 5.98. The molecule has 29 heavy (non-hydrogen) atoms. The first-order chi connectivity index (χ1) is 14.0. The van der Waals surface area contributed by atoms with Gasteiger partial charge in [-0.2, -0.15) is 0 Å². The number of carbonyl (C=O) groups is 3. The molecule has 1 aromatic heterocycles. The number of amides is 3. The molecule has 0 bridgehead atoms. The van der Waals surface area contributed by atoms with Crippen LogP contribution in [0.2, 0.25) is 0 Å². The van der Waals surface area contributed by atoms with Gasteiger partial charge in [0.2, 0.25) is 11.8 Å². The van der Waals surface area contributed by atoms with E-state index in [1.54, 1.807) is 49.7 Å². The fourth-order valence-electron chi connectivity index (χ4n) is 2.79. The molecule has 1 fully saturated rings. The van der Waals surface area contributed by atoms with Crippen LogP contribution in [0.25, 0.3) is 0 Å². The van der Waals surface area contributed by atoms with Crippen LogP contribution < -0.4 is 15.4 Å². The third-order valence-electron chi connectivity index (χ3n) is 4.53. The Morgan fingerprint density at radius 3 is 2.52 bits per heavy atom. The second-order valence-corrected chi connectivity index (χ2v) is 6.92. The minimum Gasteiger partial charge on any atom is -0.497 e. The first kappa shape index (κ1) is 20.3. The van der Waals surface area contributed by atoms with E-state index < -0.39 is 0 Å².